The summed E-state index contributed by atoms with van der Waals surface area (Å²) in [7, 11) is -3.94. The Morgan fingerprint density at radius 1 is 0.871 bits per heavy atom. The summed E-state index contributed by atoms with van der Waals surface area (Å²) < 4.78 is 33.0. The molecular formula is C25H28INO3S. The average Bonchev–Trinajstić information content (AvgIpc) is 2.70. The molecule has 1 N–H and O–H groups in total. The normalized spacial score (nSPS) is 11.7. The van der Waals surface area contributed by atoms with E-state index in [1.807, 2.05) is 71.0 Å². The molecule has 3 aromatic rings. The van der Waals surface area contributed by atoms with Gasteiger partial charge < -0.3 is 9.50 Å². The van der Waals surface area contributed by atoms with Crippen molar-refractivity contribution in [1.82, 2.24) is 0 Å². The lowest BCUT2D eigenvalue weighted by Crippen LogP contribution is -2.14. The molecule has 0 aliphatic carbocycles. The first-order chi connectivity index (χ1) is 14.6. The molecule has 0 fully saturated rings. The Balaban J connectivity index is 2.08. The van der Waals surface area contributed by atoms with E-state index >= 15 is 0 Å². The number of halogens is 1. The second kappa shape index (κ2) is 9.61. The highest BCUT2D eigenvalue weighted by Crippen LogP contribution is 2.40. The van der Waals surface area contributed by atoms with Gasteiger partial charge in [-0.2, -0.15) is 8.42 Å². The lowest BCUT2D eigenvalue weighted by Gasteiger charge is -2.22. The Morgan fingerprint density at radius 3 is 1.94 bits per heavy atom. The molecule has 0 spiro atoms. The van der Waals surface area contributed by atoms with E-state index < -0.39 is 10.1 Å². The van der Waals surface area contributed by atoms with Crippen molar-refractivity contribution < 1.29 is 12.6 Å². The molecule has 0 atom stereocenters. The van der Waals surface area contributed by atoms with E-state index in [9.17, 15) is 8.42 Å². The quantitative estimate of drug-likeness (QED) is 0.247. The molecular weight excluding hydrogens is 521 g/mol. The van der Waals surface area contributed by atoms with Gasteiger partial charge in [0.1, 0.15) is 10.6 Å². The second-order valence-corrected chi connectivity index (χ2v) is 11.0. The molecule has 0 aromatic heterocycles. The van der Waals surface area contributed by atoms with E-state index in [4.69, 9.17) is 4.18 Å². The summed E-state index contributed by atoms with van der Waals surface area (Å²) in [6.07, 6.45) is 0. The van der Waals surface area contributed by atoms with Crippen molar-refractivity contribution in [3.8, 4) is 5.75 Å². The summed E-state index contributed by atoms with van der Waals surface area (Å²) in [5.74, 6) is 0.591. The van der Waals surface area contributed by atoms with E-state index in [1.165, 1.54) is 0 Å². The van der Waals surface area contributed by atoms with Gasteiger partial charge in [-0.15, -0.1) is 0 Å². The molecule has 3 aromatic carbocycles. The Hall–Kier alpha value is -2.06. The van der Waals surface area contributed by atoms with Crippen LogP contribution in [0.5, 0.6) is 5.75 Å². The van der Waals surface area contributed by atoms with Gasteiger partial charge in [0.2, 0.25) is 0 Å². The maximum absolute atomic E-state index is 13.0. The van der Waals surface area contributed by atoms with Gasteiger partial charge in [0.15, 0.2) is 0 Å². The van der Waals surface area contributed by atoms with Gasteiger partial charge in [0.25, 0.3) is 0 Å². The van der Waals surface area contributed by atoms with Crippen molar-refractivity contribution in [2.75, 3.05) is 5.32 Å². The topological polar surface area (TPSA) is 55.4 Å². The van der Waals surface area contributed by atoms with Gasteiger partial charge in [-0.25, -0.2) is 0 Å². The predicted octanol–water partition coefficient (Wildman–Crippen LogP) is 7.36. The minimum Gasteiger partial charge on any atom is -0.378 e. The molecule has 0 bridgehead atoms. The Labute approximate surface area is 199 Å². The van der Waals surface area contributed by atoms with Gasteiger partial charge >= 0.3 is 10.1 Å². The van der Waals surface area contributed by atoms with E-state index in [1.54, 1.807) is 24.3 Å². The number of anilines is 2. The third-order valence-electron chi connectivity index (χ3n) is 5.05. The van der Waals surface area contributed by atoms with Crippen molar-refractivity contribution in [2.45, 2.75) is 51.3 Å². The minimum absolute atomic E-state index is 0.0808. The average molecular weight is 549 g/mol. The smallest absolute Gasteiger partial charge is 0.339 e. The molecule has 0 amide bonds. The van der Waals surface area contributed by atoms with Crippen molar-refractivity contribution in [2.24, 2.45) is 0 Å². The number of nitrogens with one attached hydrogen (secondary N) is 1. The molecule has 0 aliphatic rings. The second-order valence-electron chi connectivity index (χ2n) is 8.25. The van der Waals surface area contributed by atoms with Gasteiger partial charge in [0, 0.05) is 20.4 Å². The minimum atomic E-state index is -3.94. The van der Waals surface area contributed by atoms with Crippen LogP contribution >= 0.6 is 22.6 Å². The summed E-state index contributed by atoms with van der Waals surface area (Å²) in [5.41, 5.74) is 4.63. The monoisotopic (exact) mass is 549 g/mol. The van der Waals surface area contributed by atoms with E-state index in [-0.39, 0.29) is 16.7 Å². The van der Waals surface area contributed by atoms with E-state index in [2.05, 4.69) is 27.9 Å². The Bertz CT molecular complexity index is 1140. The molecule has 31 heavy (non-hydrogen) atoms. The summed E-state index contributed by atoms with van der Waals surface area (Å²) in [6.45, 7) is 10.1. The lowest BCUT2D eigenvalue weighted by molar-refractivity contribution is 0.476. The van der Waals surface area contributed by atoms with Crippen LogP contribution in [0.4, 0.5) is 11.4 Å². The van der Waals surface area contributed by atoms with Gasteiger partial charge in [-0.3, -0.25) is 0 Å². The largest absolute Gasteiger partial charge is 0.378 e. The van der Waals surface area contributed by atoms with Crippen LogP contribution in [0.1, 0.15) is 56.2 Å². The maximum atomic E-state index is 13.0. The SMILES string of the molecule is Cc1ccc(S(=O)(=O)Oc2c(C(C)C)cc(Nc3ccccc3I)cc2C(C)C)cc1. The lowest BCUT2D eigenvalue weighted by atomic mass is 9.93. The number of aryl methyl sites for hydroxylation is 1. The molecule has 0 saturated heterocycles. The zero-order chi connectivity index (χ0) is 22.8. The van der Waals surface area contributed by atoms with Crippen LogP contribution in [0.2, 0.25) is 0 Å². The van der Waals surface area contributed by atoms with Crippen LogP contribution < -0.4 is 9.50 Å². The number of hydrogen-bond donors (Lipinski definition) is 1. The van der Waals surface area contributed by atoms with Crippen LogP contribution in [0.15, 0.2) is 65.6 Å². The standard InChI is InChI=1S/C25H28INO3S/c1-16(2)21-14-19(27-24-9-7-6-8-23(24)26)15-22(17(3)4)25(21)30-31(28,29)20-12-10-18(5)11-13-20/h6-17,27H,1-5H3. The van der Waals surface area contributed by atoms with Crippen molar-refractivity contribution >= 4 is 44.1 Å². The van der Waals surface area contributed by atoms with Crippen LogP contribution in [-0.4, -0.2) is 8.42 Å². The molecule has 0 aliphatic heterocycles. The molecule has 0 heterocycles. The Kier molecular flexibility index (Phi) is 7.31. The molecule has 164 valence electrons. The number of para-hydroxylation sites is 1. The summed E-state index contributed by atoms with van der Waals surface area (Å²) >= 11 is 2.30. The van der Waals surface area contributed by atoms with Gasteiger partial charge in [-0.05, 0) is 77.7 Å². The summed E-state index contributed by atoms with van der Waals surface area (Å²) in [4.78, 5) is 0.156. The van der Waals surface area contributed by atoms with E-state index in [0.717, 1.165) is 31.6 Å². The Morgan fingerprint density at radius 2 is 1.42 bits per heavy atom. The van der Waals surface area contributed by atoms with Crippen molar-refractivity contribution in [1.29, 1.82) is 0 Å². The number of rotatable bonds is 7. The molecule has 3 rings (SSSR count). The van der Waals surface area contributed by atoms with Crippen LogP contribution in [-0.2, 0) is 10.1 Å². The first kappa shape index (κ1) is 23.6. The third-order valence-corrected chi connectivity index (χ3v) is 7.22. The number of benzene rings is 3. The fourth-order valence-corrected chi connectivity index (χ4v) is 4.78. The van der Waals surface area contributed by atoms with Crippen molar-refractivity contribution in [3.05, 3.63) is 80.9 Å². The van der Waals surface area contributed by atoms with Crippen molar-refractivity contribution in [3.63, 3.8) is 0 Å². The summed E-state index contributed by atoms with van der Waals surface area (Å²) in [6, 6.07) is 18.7. The molecule has 0 saturated carbocycles. The highest BCUT2D eigenvalue weighted by atomic mass is 127. The highest BCUT2D eigenvalue weighted by Gasteiger charge is 2.24. The zero-order valence-corrected chi connectivity index (χ0v) is 21.4. The predicted molar refractivity (Wildman–Crippen MR) is 136 cm³/mol. The van der Waals surface area contributed by atoms with Crippen LogP contribution in [0.3, 0.4) is 0 Å². The van der Waals surface area contributed by atoms with Crippen LogP contribution in [0.25, 0.3) is 0 Å². The summed E-state index contributed by atoms with van der Waals surface area (Å²) in [5, 5.41) is 3.48. The first-order valence-electron chi connectivity index (χ1n) is 10.3. The van der Waals surface area contributed by atoms with E-state index in [0.29, 0.717) is 5.75 Å². The molecule has 0 radical (unpaired) electrons. The zero-order valence-electron chi connectivity index (χ0n) is 18.4. The van der Waals surface area contributed by atoms with Gasteiger partial charge in [-0.1, -0.05) is 57.5 Å². The molecule has 0 unspecified atom stereocenters. The van der Waals surface area contributed by atoms with Crippen LogP contribution in [0, 0.1) is 10.5 Å². The number of hydrogen-bond acceptors (Lipinski definition) is 4. The fraction of sp³-hybridized carbons (Fsp3) is 0.280. The third kappa shape index (κ3) is 5.60. The highest BCUT2D eigenvalue weighted by molar-refractivity contribution is 14.1. The fourth-order valence-electron chi connectivity index (χ4n) is 3.28. The van der Waals surface area contributed by atoms with Gasteiger partial charge in [0.05, 0.1) is 5.69 Å². The molecule has 6 heteroatoms. The molecule has 4 nitrogen and oxygen atoms in total. The maximum Gasteiger partial charge on any atom is 0.339 e. The first-order valence-corrected chi connectivity index (χ1v) is 12.8.